The number of hydrogen-bond acceptors (Lipinski definition) is 4. The van der Waals surface area contributed by atoms with Crippen LogP contribution in [-0.4, -0.2) is 21.5 Å². The second-order valence-corrected chi connectivity index (χ2v) is 6.06. The van der Waals surface area contributed by atoms with Gasteiger partial charge in [0.25, 0.3) is 5.69 Å². The second kappa shape index (κ2) is 6.19. The van der Waals surface area contributed by atoms with Crippen molar-refractivity contribution in [1.29, 1.82) is 0 Å². The van der Waals surface area contributed by atoms with E-state index in [0.717, 1.165) is 5.56 Å². The lowest BCUT2D eigenvalue weighted by Crippen LogP contribution is -2.28. The molecule has 112 valence electrons. The number of carbonyl (C=O) groups excluding carboxylic acids is 1. The van der Waals surface area contributed by atoms with E-state index in [1.54, 1.807) is 23.1 Å². The Morgan fingerprint density at radius 3 is 2.55 bits per heavy atom. The van der Waals surface area contributed by atoms with Crippen LogP contribution in [0.2, 0.25) is 0 Å². The normalized spacial score (nSPS) is 17.7. The third-order valence-electron chi connectivity index (χ3n) is 3.56. The molecule has 0 aromatic heterocycles. The Morgan fingerprint density at radius 2 is 1.82 bits per heavy atom. The van der Waals surface area contributed by atoms with Gasteiger partial charge < -0.3 is 4.90 Å². The highest BCUT2D eigenvalue weighted by molar-refractivity contribution is 8.00. The molecule has 0 spiro atoms. The minimum Gasteiger partial charge on any atom is -0.321 e. The van der Waals surface area contributed by atoms with Gasteiger partial charge in [-0.25, -0.2) is 0 Å². The fourth-order valence-electron chi connectivity index (χ4n) is 2.53. The van der Waals surface area contributed by atoms with Gasteiger partial charge in [0, 0.05) is 12.6 Å². The van der Waals surface area contributed by atoms with Crippen LogP contribution in [0.5, 0.6) is 0 Å². The Balaban J connectivity index is 1.93. The van der Waals surface area contributed by atoms with E-state index in [1.807, 2.05) is 30.3 Å². The molecule has 6 heteroatoms. The zero-order chi connectivity index (χ0) is 15.5. The van der Waals surface area contributed by atoms with Crippen LogP contribution in [0.4, 0.5) is 5.69 Å². The predicted molar refractivity (Wildman–Crippen MR) is 85.3 cm³/mol. The molecular weight excluding hydrogens is 300 g/mol. The van der Waals surface area contributed by atoms with E-state index in [0.29, 0.717) is 17.9 Å². The maximum absolute atomic E-state index is 12.2. The van der Waals surface area contributed by atoms with Crippen molar-refractivity contribution in [3.8, 4) is 0 Å². The molecule has 0 unspecified atom stereocenters. The number of nitro benzene ring substituents is 1. The molecule has 5 nitrogen and oxygen atoms in total. The molecule has 1 heterocycles. The van der Waals surface area contributed by atoms with Crippen LogP contribution in [0.3, 0.4) is 0 Å². The van der Waals surface area contributed by atoms with Crippen molar-refractivity contribution >= 4 is 23.4 Å². The van der Waals surface area contributed by atoms with Gasteiger partial charge in [0.15, 0.2) is 0 Å². The monoisotopic (exact) mass is 314 g/mol. The molecule has 22 heavy (non-hydrogen) atoms. The number of carbonyl (C=O) groups is 1. The molecule has 3 rings (SSSR count). The first-order valence-corrected chi connectivity index (χ1v) is 7.90. The zero-order valence-electron chi connectivity index (χ0n) is 11.7. The van der Waals surface area contributed by atoms with Crippen LogP contribution in [0.15, 0.2) is 54.6 Å². The molecule has 1 aliphatic rings. The Morgan fingerprint density at radius 1 is 1.14 bits per heavy atom. The first-order chi connectivity index (χ1) is 10.7. The summed E-state index contributed by atoms with van der Waals surface area (Å²) in [4.78, 5) is 24.7. The summed E-state index contributed by atoms with van der Waals surface area (Å²) in [6.45, 7) is 0.462. The molecule has 0 N–H and O–H groups in total. The number of para-hydroxylation sites is 1. The van der Waals surface area contributed by atoms with Gasteiger partial charge in [-0.2, -0.15) is 0 Å². The van der Waals surface area contributed by atoms with Crippen molar-refractivity contribution in [3.05, 3.63) is 75.8 Å². The number of nitrogens with zero attached hydrogens (tertiary/aromatic N) is 2. The van der Waals surface area contributed by atoms with E-state index in [2.05, 4.69) is 0 Å². The minimum absolute atomic E-state index is 0.0111. The zero-order valence-corrected chi connectivity index (χ0v) is 12.5. The van der Waals surface area contributed by atoms with Crippen LogP contribution in [0, 0.1) is 10.1 Å². The summed E-state index contributed by atoms with van der Waals surface area (Å²) < 4.78 is 0. The smallest absolute Gasteiger partial charge is 0.275 e. The molecule has 0 radical (unpaired) electrons. The Hall–Kier alpha value is -2.34. The average molecular weight is 314 g/mol. The number of amides is 1. The number of rotatable bonds is 4. The molecule has 2 aromatic carbocycles. The summed E-state index contributed by atoms with van der Waals surface area (Å²) in [6, 6.07) is 16.3. The van der Waals surface area contributed by atoms with Gasteiger partial charge in [0.05, 0.1) is 16.2 Å². The molecule has 1 fully saturated rings. The van der Waals surface area contributed by atoms with Gasteiger partial charge in [-0.15, -0.1) is 11.8 Å². The lowest BCUT2D eigenvalue weighted by Gasteiger charge is -2.24. The van der Waals surface area contributed by atoms with Crippen molar-refractivity contribution in [2.45, 2.75) is 11.9 Å². The predicted octanol–water partition coefficient (Wildman–Crippen LogP) is 3.37. The van der Waals surface area contributed by atoms with Gasteiger partial charge in [-0.3, -0.25) is 14.9 Å². The first-order valence-electron chi connectivity index (χ1n) is 6.85. The number of hydrogen-bond donors (Lipinski definition) is 0. The van der Waals surface area contributed by atoms with E-state index >= 15 is 0 Å². The van der Waals surface area contributed by atoms with E-state index in [1.165, 1.54) is 17.8 Å². The van der Waals surface area contributed by atoms with Crippen LogP contribution in [-0.2, 0) is 11.3 Å². The molecule has 1 amide bonds. The maximum atomic E-state index is 12.2. The fourth-order valence-corrected chi connectivity index (χ4v) is 3.74. The Kier molecular flexibility index (Phi) is 4.11. The number of benzene rings is 2. The lowest BCUT2D eigenvalue weighted by atomic mass is 10.1. The highest BCUT2D eigenvalue weighted by atomic mass is 32.2. The number of nitro groups is 1. The third kappa shape index (κ3) is 2.82. The molecule has 0 aliphatic carbocycles. The molecule has 0 bridgehead atoms. The molecule has 1 saturated heterocycles. The van der Waals surface area contributed by atoms with Gasteiger partial charge in [-0.1, -0.05) is 42.5 Å². The summed E-state index contributed by atoms with van der Waals surface area (Å²) in [5.41, 5.74) is 1.66. The summed E-state index contributed by atoms with van der Waals surface area (Å²) in [6.07, 6.45) is 0. The van der Waals surface area contributed by atoms with Crippen LogP contribution >= 0.6 is 11.8 Å². The molecule has 0 saturated carbocycles. The summed E-state index contributed by atoms with van der Waals surface area (Å²) in [5.74, 6) is 0.362. The fraction of sp³-hybridized carbons (Fsp3) is 0.188. The quantitative estimate of drug-likeness (QED) is 0.641. The molecule has 1 aliphatic heterocycles. The van der Waals surface area contributed by atoms with Crippen LogP contribution < -0.4 is 0 Å². The minimum atomic E-state index is -0.389. The largest absolute Gasteiger partial charge is 0.321 e. The van der Waals surface area contributed by atoms with E-state index in [4.69, 9.17) is 0 Å². The van der Waals surface area contributed by atoms with Crippen molar-refractivity contribution in [2.24, 2.45) is 0 Å². The standard InChI is InChI=1S/C16H14N2O3S/c19-15-11-22-16(13-8-4-5-9-14(13)18(20)21)17(15)10-12-6-2-1-3-7-12/h1-9,16H,10-11H2/t16-/m1/s1. The Labute approximate surface area is 132 Å². The maximum Gasteiger partial charge on any atom is 0.275 e. The third-order valence-corrected chi connectivity index (χ3v) is 4.80. The summed E-state index contributed by atoms with van der Waals surface area (Å²) >= 11 is 1.43. The highest BCUT2D eigenvalue weighted by Gasteiger charge is 2.36. The van der Waals surface area contributed by atoms with Crippen LogP contribution in [0.1, 0.15) is 16.5 Å². The molecular formula is C16H14N2O3S. The summed E-state index contributed by atoms with van der Waals surface area (Å²) in [7, 11) is 0. The van der Waals surface area contributed by atoms with Crippen molar-refractivity contribution in [2.75, 3.05) is 5.75 Å². The van der Waals surface area contributed by atoms with Crippen LogP contribution in [0.25, 0.3) is 0 Å². The van der Waals surface area contributed by atoms with Gasteiger partial charge >= 0.3 is 0 Å². The van der Waals surface area contributed by atoms with Gasteiger partial charge in [-0.05, 0) is 11.6 Å². The first kappa shape index (κ1) is 14.6. The molecule has 1 atom stereocenters. The Bertz CT molecular complexity index is 706. The van der Waals surface area contributed by atoms with Crippen molar-refractivity contribution in [3.63, 3.8) is 0 Å². The van der Waals surface area contributed by atoms with Gasteiger partial charge in [0.2, 0.25) is 5.91 Å². The average Bonchev–Trinajstić information content (AvgIpc) is 2.89. The SMILES string of the molecule is O=C1CS[C@H](c2ccccc2[N+](=O)[O-])N1Cc1ccccc1. The lowest BCUT2D eigenvalue weighted by molar-refractivity contribution is -0.385. The molecule has 2 aromatic rings. The van der Waals surface area contributed by atoms with Gasteiger partial charge in [0.1, 0.15) is 5.37 Å². The van der Waals surface area contributed by atoms with E-state index in [9.17, 15) is 14.9 Å². The highest BCUT2D eigenvalue weighted by Crippen LogP contribution is 2.42. The van der Waals surface area contributed by atoms with E-state index in [-0.39, 0.29) is 21.9 Å². The second-order valence-electron chi connectivity index (χ2n) is 4.99. The summed E-state index contributed by atoms with van der Waals surface area (Å²) in [5, 5.41) is 10.9. The number of thioether (sulfide) groups is 1. The topological polar surface area (TPSA) is 63.4 Å². The van der Waals surface area contributed by atoms with E-state index < -0.39 is 0 Å². The van der Waals surface area contributed by atoms with Crippen molar-refractivity contribution < 1.29 is 9.72 Å². The van der Waals surface area contributed by atoms with Crippen molar-refractivity contribution in [1.82, 2.24) is 4.90 Å².